The van der Waals surface area contributed by atoms with Gasteiger partial charge in [0, 0.05) is 51.5 Å². The molecule has 0 aromatic heterocycles. The van der Waals surface area contributed by atoms with Gasteiger partial charge in [-0.2, -0.15) is 0 Å². The number of fused-ring (bicyclic) bond motifs is 2. The zero-order valence-corrected chi connectivity index (χ0v) is 21.3. The molecule has 0 amide bonds. The second-order valence-corrected chi connectivity index (χ2v) is 10.7. The van der Waals surface area contributed by atoms with Crippen molar-refractivity contribution in [1.82, 2.24) is 0 Å². The minimum Gasteiger partial charge on any atom is -0.294 e. The number of benzene rings is 2. The number of carbonyl (C=O) groups excluding carboxylic acids is 4. The summed E-state index contributed by atoms with van der Waals surface area (Å²) in [5, 5.41) is 0. The van der Waals surface area contributed by atoms with Crippen molar-refractivity contribution in [3.63, 3.8) is 0 Å². The molecule has 2 aliphatic rings. The Kier molecular flexibility index (Phi) is 5.63. The lowest BCUT2D eigenvalue weighted by Crippen LogP contribution is -2.27. The fourth-order valence-corrected chi connectivity index (χ4v) is 5.75. The van der Waals surface area contributed by atoms with Crippen molar-refractivity contribution in [2.45, 2.75) is 67.2 Å². The number of hydrogen-bond acceptors (Lipinski definition) is 4. The van der Waals surface area contributed by atoms with Gasteiger partial charge in [0.25, 0.3) is 0 Å². The van der Waals surface area contributed by atoms with Crippen LogP contribution in [0.15, 0.2) is 29.8 Å². The van der Waals surface area contributed by atoms with Crippen molar-refractivity contribution in [1.29, 1.82) is 0 Å². The van der Waals surface area contributed by atoms with Gasteiger partial charge in [0.05, 0.1) is 0 Å². The molecule has 4 nitrogen and oxygen atoms in total. The first-order valence-corrected chi connectivity index (χ1v) is 12.0. The van der Waals surface area contributed by atoms with E-state index in [9.17, 15) is 19.2 Å². The summed E-state index contributed by atoms with van der Waals surface area (Å²) in [5.74, 6) is -0.342. The molecule has 2 aromatic carbocycles. The molecule has 0 fully saturated rings. The Bertz CT molecular complexity index is 1340. The Labute approximate surface area is 201 Å². The van der Waals surface area contributed by atoms with E-state index in [2.05, 4.69) is 0 Å². The molecular formula is C30H32O4. The van der Waals surface area contributed by atoms with Crippen LogP contribution in [0, 0.1) is 25.7 Å². The van der Waals surface area contributed by atoms with Gasteiger partial charge in [0.15, 0.2) is 23.1 Å². The van der Waals surface area contributed by atoms with E-state index >= 15 is 0 Å². The van der Waals surface area contributed by atoms with Crippen molar-refractivity contribution in [2.75, 3.05) is 0 Å². The van der Waals surface area contributed by atoms with E-state index in [0.29, 0.717) is 27.8 Å². The third-order valence-electron chi connectivity index (χ3n) is 7.46. The van der Waals surface area contributed by atoms with Crippen LogP contribution in [-0.4, -0.2) is 23.1 Å². The number of allylic oxidation sites excluding steroid dienone is 2. The summed E-state index contributed by atoms with van der Waals surface area (Å²) in [6.07, 6.45) is 0.186. The van der Waals surface area contributed by atoms with Crippen LogP contribution in [0.3, 0.4) is 0 Å². The first-order chi connectivity index (χ1) is 15.8. The molecule has 1 atom stereocenters. The van der Waals surface area contributed by atoms with Crippen molar-refractivity contribution in [3.05, 3.63) is 74.3 Å². The van der Waals surface area contributed by atoms with Gasteiger partial charge >= 0.3 is 0 Å². The highest BCUT2D eigenvalue weighted by Crippen LogP contribution is 2.51. The number of aryl methyl sites for hydroxylation is 2. The summed E-state index contributed by atoms with van der Waals surface area (Å²) in [7, 11) is 0. The molecule has 0 saturated heterocycles. The molecule has 0 bridgehead atoms. The van der Waals surface area contributed by atoms with E-state index in [1.807, 2.05) is 67.5 Å². The molecule has 2 aromatic rings. The van der Waals surface area contributed by atoms with Crippen LogP contribution in [0.4, 0.5) is 0 Å². The third-order valence-corrected chi connectivity index (χ3v) is 7.46. The Balaban J connectivity index is 1.94. The van der Waals surface area contributed by atoms with E-state index < -0.39 is 5.41 Å². The van der Waals surface area contributed by atoms with Crippen LogP contribution in [0.1, 0.15) is 112 Å². The average Bonchev–Trinajstić information content (AvgIpc) is 3.17. The SMILES string of the molecule is CC1=C(C2(C)CC(=O)c3c(C)cc(C(=O)C(C)C)cc32)C(=O)c2c(C)cc(C(=O)C(C)C)cc21. The molecule has 0 radical (unpaired) electrons. The maximum Gasteiger partial charge on any atom is 0.191 e. The second kappa shape index (κ2) is 7.97. The van der Waals surface area contributed by atoms with Gasteiger partial charge in [0.2, 0.25) is 0 Å². The summed E-state index contributed by atoms with van der Waals surface area (Å²) >= 11 is 0. The normalized spacial score (nSPS) is 19.4. The first-order valence-electron chi connectivity index (χ1n) is 12.0. The molecule has 4 heteroatoms. The average molecular weight is 457 g/mol. The van der Waals surface area contributed by atoms with Crippen LogP contribution in [0.25, 0.3) is 5.57 Å². The maximum absolute atomic E-state index is 13.8. The molecule has 0 heterocycles. The zero-order chi connectivity index (χ0) is 25.3. The Morgan fingerprint density at radius 1 is 0.794 bits per heavy atom. The summed E-state index contributed by atoms with van der Waals surface area (Å²) in [6, 6.07) is 7.25. The lowest BCUT2D eigenvalue weighted by Gasteiger charge is -2.27. The monoisotopic (exact) mass is 456 g/mol. The molecule has 0 aliphatic heterocycles. The number of rotatable bonds is 5. The molecule has 0 N–H and O–H groups in total. The van der Waals surface area contributed by atoms with Crippen LogP contribution >= 0.6 is 0 Å². The predicted octanol–water partition coefficient (Wildman–Crippen LogP) is 6.49. The minimum absolute atomic E-state index is 0.00463. The lowest BCUT2D eigenvalue weighted by molar-refractivity contribution is 0.0932. The summed E-state index contributed by atoms with van der Waals surface area (Å²) in [4.78, 5) is 52.6. The van der Waals surface area contributed by atoms with Crippen LogP contribution in [-0.2, 0) is 5.41 Å². The fourth-order valence-electron chi connectivity index (χ4n) is 5.75. The highest BCUT2D eigenvalue weighted by Gasteiger charge is 2.49. The molecule has 0 spiro atoms. The number of hydrogen-bond donors (Lipinski definition) is 0. The van der Waals surface area contributed by atoms with E-state index in [-0.39, 0.29) is 41.4 Å². The van der Waals surface area contributed by atoms with Gasteiger partial charge in [0.1, 0.15) is 0 Å². The number of Topliss-reactive ketones (excluding diaryl/α,β-unsaturated/α-hetero) is 4. The number of ketones is 4. The van der Waals surface area contributed by atoms with Crippen molar-refractivity contribution < 1.29 is 19.2 Å². The van der Waals surface area contributed by atoms with Crippen molar-refractivity contribution >= 4 is 28.7 Å². The smallest absolute Gasteiger partial charge is 0.191 e. The lowest BCUT2D eigenvalue weighted by atomic mass is 9.73. The highest BCUT2D eigenvalue weighted by atomic mass is 16.1. The van der Waals surface area contributed by atoms with Gasteiger partial charge in [-0.3, -0.25) is 19.2 Å². The quantitative estimate of drug-likeness (QED) is 0.482. The molecule has 1 unspecified atom stereocenters. The van der Waals surface area contributed by atoms with Crippen LogP contribution in [0.2, 0.25) is 0 Å². The third kappa shape index (κ3) is 3.34. The van der Waals surface area contributed by atoms with E-state index in [0.717, 1.165) is 27.8 Å². The number of carbonyl (C=O) groups is 4. The van der Waals surface area contributed by atoms with Crippen molar-refractivity contribution in [2.24, 2.45) is 11.8 Å². The molecule has 2 aliphatic carbocycles. The Morgan fingerprint density at radius 3 is 1.82 bits per heavy atom. The predicted molar refractivity (Wildman–Crippen MR) is 134 cm³/mol. The molecular weight excluding hydrogens is 424 g/mol. The largest absolute Gasteiger partial charge is 0.294 e. The van der Waals surface area contributed by atoms with Gasteiger partial charge in [-0.1, -0.05) is 34.6 Å². The maximum atomic E-state index is 13.8. The Hall–Kier alpha value is -3.14. The van der Waals surface area contributed by atoms with E-state index in [4.69, 9.17) is 0 Å². The molecule has 34 heavy (non-hydrogen) atoms. The standard InChI is InChI=1S/C30H32O4/c1-14(2)27(32)19-9-16(5)24-21(11-19)18(7)26(29(24)34)30(8)13-23(31)25-17(6)10-20(12-22(25)30)28(33)15(3)4/h9-12,14-15H,13H2,1-8H3. The van der Waals surface area contributed by atoms with Crippen LogP contribution in [0.5, 0.6) is 0 Å². The molecule has 0 saturated carbocycles. The van der Waals surface area contributed by atoms with Crippen LogP contribution < -0.4 is 0 Å². The highest BCUT2D eigenvalue weighted by molar-refractivity contribution is 6.24. The van der Waals surface area contributed by atoms with E-state index in [1.54, 1.807) is 12.1 Å². The summed E-state index contributed by atoms with van der Waals surface area (Å²) in [5.41, 5.74) is 6.07. The first kappa shape index (κ1) is 24.0. The fraction of sp³-hybridized carbons (Fsp3) is 0.400. The Morgan fingerprint density at radius 2 is 1.29 bits per heavy atom. The van der Waals surface area contributed by atoms with Crippen molar-refractivity contribution in [3.8, 4) is 0 Å². The topological polar surface area (TPSA) is 68.3 Å². The second-order valence-electron chi connectivity index (χ2n) is 10.7. The zero-order valence-electron chi connectivity index (χ0n) is 21.3. The van der Waals surface area contributed by atoms with Gasteiger partial charge < -0.3 is 0 Å². The van der Waals surface area contributed by atoms with Gasteiger partial charge in [-0.15, -0.1) is 0 Å². The molecule has 176 valence electrons. The van der Waals surface area contributed by atoms with E-state index in [1.165, 1.54) is 0 Å². The summed E-state index contributed by atoms with van der Waals surface area (Å²) in [6.45, 7) is 15.0. The minimum atomic E-state index is -0.834. The molecule has 4 rings (SSSR count). The van der Waals surface area contributed by atoms with Gasteiger partial charge in [-0.25, -0.2) is 0 Å². The summed E-state index contributed by atoms with van der Waals surface area (Å²) < 4.78 is 0. The van der Waals surface area contributed by atoms with Gasteiger partial charge in [-0.05, 0) is 72.9 Å².